The van der Waals surface area contributed by atoms with E-state index >= 15 is 0 Å². The van der Waals surface area contributed by atoms with Crippen LogP contribution < -0.4 is 0 Å². The van der Waals surface area contributed by atoms with Gasteiger partial charge in [0.25, 0.3) is 5.91 Å². The van der Waals surface area contributed by atoms with Gasteiger partial charge in [-0.3, -0.25) is 4.79 Å². The van der Waals surface area contributed by atoms with Gasteiger partial charge in [-0.2, -0.15) is 0 Å². The summed E-state index contributed by atoms with van der Waals surface area (Å²) in [5, 5.41) is 0.576. The maximum atomic E-state index is 11.5. The first-order valence-corrected chi connectivity index (χ1v) is 4.45. The van der Waals surface area contributed by atoms with Crippen LogP contribution in [0.1, 0.15) is 15.9 Å². The average Bonchev–Trinajstić information content (AvgIpc) is 2.32. The molecule has 0 unspecified atom stereocenters. The quantitative estimate of drug-likeness (QED) is 0.622. The summed E-state index contributed by atoms with van der Waals surface area (Å²) in [7, 11) is 1.71. The Kier molecular flexibility index (Phi) is 1.93. The molecule has 1 aliphatic rings. The standard InChI is InChI=1S/C8H6Cl2N2O/c1-12-3-5-4(8(12)13)2-6(9)11-7(5)10/h2H,3H2,1H3. The summed E-state index contributed by atoms with van der Waals surface area (Å²) in [6.07, 6.45) is 0. The molecule has 13 heavy (non-hydrogen) atoms. The van der Waals surface area contributed by atoms with E-state index in [0.717, 1.165) is 5.56 Å². The lowest BCUT2D eigenvalue weighted by Crippen LogP contribution is -2.17. The first-order chi connectivity index (χ1) is 6.09. The van der Waals surface area contributed by atoms with E-state index < -0.39 is 0 Å². The molecule has 0 N–H and O–H groups in total. The minimum absolute atomic E-state index is 0.0544. The summed E-state index contributed by atoms with van der Waals surface area (Å²) in [6, 6.07) is 1.55. The predicted molar refractivity (Wildman–Crippen MR) is 50.1 cm³/mol. The summed E-state index contributed by atoms with van der Waals surface area (Å²) in [5.41, 5.74) is 1.33. The number of hydrogen-bond acceptors (Lipinski definition) is 2. The number of carbonyl (C=O) groups excluding carboxylic acids is 1. The maximum absolute atomic E-state index is 11.5. The van der Waals surface area contributed by atoms with E-state index in [1.165, 1.54) is 0 Å². The van der Waals surface area contributed by atoms with Crippen LogP contribution in [0.15, 0.2) is 6.07 Å². The van der Waals surface area contributed by atoms with Gasteiger partial charge in [0.05, 0.1) is 5.56 Å². The Hall–Kier alpha value is -0.800. The molecule has 0 atom stereocenters. The summed E-state index contributed by atoms with van der Waals surface area (Å²) < 4.78 is 0. The number of hydrogen-bond donors (Lipinski definition) is 0. The summed E-state index contributed by atoms with van der Waals surface area (Å²) in [4.78, 5) is 16.9. The molecule has 0 bridgehead atoms. The lowest BCUT2D eigenvalue weighted by Gasteiger charge is -2.04. The Morgan fingerprint density at radius 3 is 2.92 bits per heavy atom. The zero-order valence-electron chi connectivity index (χ0n) is 6.84. The van der Waals surface area contributed by atoms with Crippen molar-refractivity contribution in [1.82, 2.24) is 9.88 Å². The van der Waals surface area contributed by atoms with Gasteiger partial charge in [0.2, 0.25) is 0 Å². The van der Waals surface area contributed by atoms with E-state index in [1.807, 2.05) is 0 Å². The third-order valence-corrected chi connectivity index (χ3v) is 2.52. The van der Waals surface area contributed by atoms with Crippen molar-refractivity contribution in [3.8, 4) is 0 Å². The van der Waals surface area contributed by atoms with E-state index in [9.17, 15) is 4.79 Å². The SMILES string of the molecule is CN1Cc2c(cc(Cl)nc2Cl)C1=O. The van der Waals surface area contributed by atoms with Crippen LogP contribution in [0.25, 0.3) is 0 Å². The van der Waals surface area contributed by atoms with Crippen molar-refractivity contribution in [2.75, 3.05) is 7.05 Å². The van der Waals surface area contributed by atoms with Crippen LogP contribution in [0.5, 0.6) is 0 Å². The summed E-state index contributed by atoms with van der Waals surface area (Å²) in [6.45, 7) is 0.511. The van der Waals surface area contributed by atoms with E-state index in [0.29, 0.717) is 17.3 Å². The molecular weight excluding hydrogens is 211 g/mol. The topological polar surface area (TPSA) is 33.2 Å². The van der Waals surface area contributed by atoms with Crippen molar-refractivity contribution in [3.63, 3.8) is 0 Å². The second-order valence-corrected chi connectivity index (χ2v) is 3.67. The van der Waals surface area contributed by atoms with Crippen molar-refractivity contribution in [2.45, 2.75) is 6.54 Å². The van der Waals surface area contributed by atoms with Crippen molar-refractivity contribution in [1.29, 1.82) is 0 Å². The Labute approximate surface area is 85.3 Å². The molecule has 0 radical (unpaired) electrons. The molecule has 1 amide bonds. The number of rotatable bonds is 0. The molecule has 3 nitrogen and oxygen atoms in total. The van der Waals surface area contributed by atoms with Crippen LogP contribution in [0.3, 0.4) is 0 Å². The summed E-state index contributed by atoms with van der Waals surface area (Å²) in [5.74, 6) is -0.0544. The van der Waals surface area contributed by atoms with E-state index in [-0.39, 0.29) is 11.1 Å². The highest BCUT2D eigenvalue weighted by molar-refractivity contribution is 6.33. The van der Waals surface area contributed by atoms with Crippen molar-refractivity contribution in [2.24, 2.45) is 0 Å². The number of nitrogens with zero attached hydrogens (tertiary/aromatic N) is 2. The average molecular weight is 217 g/mol. The van der Waals surface area contributed by atoms with Gasteiger partial charge in [-0.25, -0.2) is 4.98 Å². The predicted octanol–water partition coefficient (Wildman–Crippen LogP) is 1.97. The van der Waals surface area contributed by atoms with Gasteiger partial charge in [-0.15, -0.1) is 0 Å². The number of halogens is 2. The molecule has 0 aliphatic carbocycles. The number of pyridine rings is 1. The highest BCUT2D eigenvalue weighted by Gasteiger charge is 2.27. The number of fused-ring (bicyclic) bond motifs is 1. The molecule has 68 valence electrons. The smallest absolute Gasteiger partial charge is 0.254 e. The fourth-order valence-electron chi connectivity index (χ4n) is 1.37. The molecule has 0 aromatic carbocycles. The number of amides is 1. The Morgan fingerprint density at radius 2 is 2.23 bits per heavy atom. The van der Waals surface area contributed by atoms with Gasteiger partial charge in [-0.05, 0) is 6.07 Å². The molecule has 2 heterocycles. The lowest BCUT2D eigenvalue weighted by atomic mass is 10.2. The van der Waals surface area contributed by atoms with E-state index in [2.05, 4.69) is 4.98 Å². The maximum Gasteiger partial charge on any atom is 0.254 e. The zero-order chi connectivity index (χ0) is 9.59. The molecule has 5 heteroatoms. The molecule has 0 spiro atoms. The molecule has 1 aromatic rings. The first-order valence-electron chi connectivity index (χ1n) is 3.70. The highest BCUT2D eigenvalue weighted by Crippen LogP contribution is 2.28. The van der Waals surface area contributed by atoms with Gasteiger partial charge >= 0.3 is 0 Å². The highest BCUT2D eigenvalue weighted by atomic mass is 35.5. The normalized spacial score (nSPS) is 15.0. The van der Waals surface area contributed by atoms with Crippen LogP contribution in [0.4, 0.5) is 0 Å². The van der Waals surface area contributed by atoms with E-state index in [1.54, 1.807) is 18.0 Å². The van der Waals surface area contributed by atoms with Crippen molar-refractivity contribution < 1.29 is 4.79 Å². The van der Waals surface area contributed by atoms with Crippen LogP contribution >= 0.6 is 23.2 Å². The van der Waals surface area contributed by atoms with Gasteiger partial charge < -0.3 is 4.90 Å². The second-order valence-electron chi connectivity index (χ2n) is 2.92. The van der Waals surface area contributed by atoms with Gasteiger partial charge in [0.1, 0.15) is 10.3 Å². The zero-order valence-corrected chi connectivity index (χ0v) is 8.35. The number of aromatic nitrogens is 1. The fraction of sp³-hybridized carbons (Fsp3) is 0.250. The minimum Gasteiger partial charge on any atom is -0.337 e. The van der Waals surface area contributed by atoms with Gasteiger partial charge in [0.15, 0.2) is 0 Å². The Morgan fingerprint density at radius 1 is 1.54 bits per heavy atom. The largest absolute Gasteiger partial charge is 0.337 e. The molecule has 0 saturated carbocycles. The van der Waals surface area contributed by atoms with Gasteiger partial charge in [0, 0.05) is 19.2 Å². The second kappa shape index (κ2) is 2.86. The minimum atomic E-state index is -0.0544. The third kappa shape index (κ3) is 1.28. The Balaban J connectivity index is 2.64. The van der Waals surface area contributed by atoms with Crippen LogP contribution in [0.2, 0.25) is 10.3 Å². The number of carbonyl (C=O) groups is 1. The molecule has 1 aromatic heterocycles. The molecule has 0 saturated heterocycles. The molecule has 1 aliphatic heterocycles. The molecule has 2 rings (SSSR count). The van der Waals surface area contributed by atoms with Crippen molar-refractivity contribution in [3.05, 3.63) is 27.5 Å². The fourth-order valence-corrected chi connectivity index (χ4v) is 1.86. The lowest BCUT2D eigenvalue weighted by molar-refractivity contribution is 0.0816. The van der Waals surface area contributed by atoms with Crippen molar-refractivity contribution >= 4 is 29.1 Å². The van der Waals surface area contributed by atoms with Crippen LogP contribution in [-0.4, -0.2) is 22.8 Å². The molecule has 0 fully saturated rings. The van der Waals surface area contributed by atoms with Gasteiger partial charge in [-0.1, -0.05) is 23.2 Å². The van der Waals surface area contributed by atoms with Crippen LogP contribution in [0, 0.1) is 0 Å². The van der Waals surface area contributed by atoms with Crippen LogP contribution in [-0.2, 0) is 6.54 Å². The molecular formula is C8H6Cl2N2O. The summed E-state index contributed by atoms with van der Waals surface area (Å²) >= 11 is 11.5. The first kappa shape index (κ1) is 8.78. The third-order valence-electron chi connectivity index (χ3n) is 2.01. The monoisotopic (exact) mass is 216 g/mol. The Bertz CT molecular complexity index is 392. The van der Waals surface area contributed by atoms with E-state index in [4.69, 9.17) is 23.2 Å².